The molecule has 1 aliphatic carbocycles. The van der Waals surface area contributed by atoms with Crippen molar-refractivity contribution < 1.29 is 5.11 Å². The lowest BCUT2D eigenvalue weighted by molar-refractivity contribution is 0.0610. The average molecular weight is 401 g/mol. The predicted molar refractivity (Wildman–Crippen MR) is 107 cm³/mol. The number of aliphatic hydroxyl groups is 1. The maximum Gasteiger partial charge on any atom is 0.208 e. The zero-order valence-corrected chi connectivity index (χ0v) is 16.3. The number of hydrogen-bond acceptors (Lipinski definition) is 4. The molecule has 0 radical (unpaired) electrons. The number of imidazole rings is 1. The zero-order valence-electron chi connectivity index (χ0n) is 14.8. The molecule has 1 aliphatic rings. The number of hydrogen-bond donors (Lipinski definition) is 1. The molecular weight excluding hydrogens is 383 g/mol. The van der Waals surface area contributed by atoms with Gasteiger partial charge in [0.15, 0.2) is 10.8 Å². The minimum absolute atomic E-state index is 0.246. The molecule has 1 fully saturated rings. The van der Waals surface area contributed by atoms with Crippen LogP contribution in [0.15, 0.2) is 24.3 Å². The molecule has 2 aromatic heterocycles. The highest BCUT2D eigenvalue weighted by molar-refractivity contribution is 6.33. The molecule has 4 rings (SSSR count). The minimum Gasteiger partial charge on any atom is -0.378 e. The molecule has 0 spiro atoms. The fraction of sp³-hybridized carbons (Fsp3) is 0.350. The zero-order chi connectivity index (χ0) is 19.0. The van der Waals surface area contributed by atoms with Gasteiger partial charge in [0.2, 0.25) is 5.82 Å². The number of rotatable bonds is 1. The molecule has 0 bridgehead atoms. The molecule has 1 saturated carbocycles. The number of benzene rings is 1. The van der Waals surface area contributed by atoms with Gasteiger partial charge in [-0.15, -0.1) is 0 Å². The highest BCUT2D eigenvalue weighted by atomic mass is 35.5. The molecule has 1 aromatic carbocycles. The van der Waals surface area contributed by atoms with E-state index in [4.69, 9.17) is 23.2 Å². The van der Waals surface area contributed by atoms with Crippen LogP contribution in [0, 0.1) is 11.8 Å². The van der Waals surface area contributed by atoms with Gasteiger partial charge in [0.1, 0.15) is 16.9 Å². The first-order valence-corrected chi connectivity index (χ1v) is 9.62. The number of fused-ring (bicyclic) bond motifs is 1. The van der Waals surface area contributed by atoms with E-state index < -0.39 is 5.60 Å². The second-order valence-electron chi connectivity index (χ2n) is 6.85. The first kappa shape index (κ1) is 18.2. The van der Waals surface area contributed by atoms with E-state index in [1.165, 1.54) is 0 Å². The van der Waals surface area contributed by atoms with E-state index >= 15 is 0 Å². The number of aromatic nitrogens is 4. The van der Waals surface area contributed by atoms with Crippen LogP contribution in [-0.2, 0) is 7.05 Å². The van der Waals surface area contributed by atoms with Gasteiger partial charge < -0.3 is 9.67 Å². The molecule has 0 aliphatic heterocycles. The summed E-state index contributed by atoms with van der Waals surface area (Å²) in [5.74, 6) is 6.86. The summed E-state index contributed by atoms with van der Waals surface area (Å²) in [6, 6.07) is 7.41. The third-order valence-corrected chi connectivity index (χ3v) is 5.38. The van der Waals surface area contributed by atoms with Gasteiger partial charge in [-0.1, -0.05) is 35.5 Å². The first-order chi connectivity index (χ1) is 13.0. The van der Waals surface area contributed by atoms with Gasteiger partial charge >= 0.3 is 0 Å². The van der Waals surface area contributed by atoms with E-state index in [0.717, 1.165) is 24.8 Å². The van der Waals surface area contributed by atoms with Crippen molar-refractivity contribution in [2.24, 2.45) is 7.05 Å². The van der Waals surface area contributed by atoms with Crippen molar-refractivity contribution in [3.63, 3.8) is 0 Å². The van der Waals surface area contributed by atoms with Crippen molar-refractivity contribution in [1.82, 2.24) is 19.5 Å². The van der Waals surface area contributed by atoms with Gasteiger partial charge in [-0.05, 0) is 55.9 Å². The van der Waals surface area contributed by atoms with Gasteiger partial charge in [0, 0.05) is 17.6 Å². The molecule has 0 amide bonds. The van der Waals surface area contributed by atoms with Crippen molar-refractivity contribution in [1.29, 1.82) is 0 Å². The SMILES string of the molecule is Cn1c(-c2ccc(Cl)cc2)nc2c(Cl)nc(C#CC3(O)CCCCC3)nc21. The van der Waals surface area contributed by atoms with Gasteiger partial charge in [-0.25, -0.2) is 15.0 Å². The van der Waals surface area contributed by atoms with E-state index in [2.05, 4.69) is 26.8 Å². The summed E-state index contributed by atoms with van der Waals surface area (Å²) in [4.78, 5) is 13.3. The monoisotopic (exact) mass is 400 g/mol. The van der Waals surface area contributed by atoms with Crippen LogP contribution in [0.25, 0.3) is 22.6 Å². The second-order valence-corrected chi connectivity index (χ2v) is 7.65. The fourth-order valence-corrected chi connectivity index (χ4v) is 3.71. The topological polar surface area (TPSA) is 63.8 Å². The standard InChI is InChI=1S/C20H18Cl2N4O/c1-26-18(13-5-7-14(21)8-6-13)25-16-17(22)23-15(24-19(16)26)9-12-20(27)10-3-2-4-11-20/h5-8,27H,2-4,10-11H2,1H3. The van der Waals surface area contributed by atoms with Gasteiger partial charge in [-0.3, -0.25) is 0 Å². The van der Waals surface area contributed by atoms with Crippen LogP contribution in [0.1, 0.15) is 37.9 Å². The number of halogens is 2. The maximum absolute atomic E-state index is 10.6. The Labute approximate surface area is 167 Å². The third kappa shape index (κ3) is 3.66. The summed E-state index contributed by atoms with van der Waals surface area (Å²) in [7, 11) is 1.87. The van der Waals surface area contributed by atoms with Crippen molar-refractivity contribution in [2.75, 3.05) is 0 Å². The lowest BCUT2D eigenvalue weighted by Gasteiger charge is -2.26. The largest absolute Gasteiger partial charge is 0.378 e. The van der Waals surface area contributed by atoms with Crippen LogP contribution in [0.3, 0.4) is 0 Å². The van der Waals surface area contributed by atoms with Crippen LogP contribution in [-0.4, -0.2) is 30.2 Å². The Morgan fingerprint density at radius 1 is 1.04 bits per heavy atom. The van der Waals surface area contributed by atoms with Crippen molar-refractivity contribution >= 4 is 34.4 Å². The predicted octanol–water partition coefficient (Wildman–Crippen LogP) is 4.38. The van der Waals surface area contributed by atoms with Crippen LogP contribution >= 0.6 is 23.2 Å². The van der Waals surface area contributed by atoms with Crippen LogP contribution in [0.2, 0.25) is 10.2 Å². The highest BCUT2D eigenvalue weighted by Gasteiger charge is 2.26. The van der Waals surface area contributed by atoms with E-state index in [1.54, 1.807) is 0 Å². The van der Waals surface area contributed by atoms with Gasteiger partial charge in [0.05, 0.1) is 0 Å². The summed E-state index contributed by atoms with van der Waals surface area (Å²) >= 11 is 12.3. The molecule has 2 heterocycles. The van der Waals surface area contributed by atoms with Crippen molar-refractivity contribution in [2.45, 2.75) is 37.7 Å². The quantitative estimate of drug-likeness (QED) is 0.486. The molecule has 0 unspecified atom stereocenters. The molecular formula is C20H18Cl2N4O. The fourth-order valence-electron chi connectivity index (χ4n) is 3.37. The van der Waals surface area contributed by atoms with E-state index in [0.29, 0.717) is 34.9 Å². The lowest BCUT2D eigenvalue weighted by atomic mass is 9.85. The maximum atomic E-state index is 10.6. The summed E-state index contributed by atoms with van der Waals surface area (Å²) in [6.07, 6.45) is 4.47. The Morgan fingerprint density at radius 3 is 2.44 bits per heavy atom. The minimum atomic E-state index is -0.954. The molecule has 7 heteroatoms. The van der Waals surface area contributed by atoms with Gasteiger partial charge in [0.25, 0.3) is 0 Å². The van der Waals surface area contributed by atoms with E-state index in [1.807, 2.05) is 35.9 Å². The molecule has 138 valence electrons. The summed E-state index contributed by atoms with van der Waals surface area (Å²) < 4.78 is 1.85. The Balaban J connectivity index is 1.75. The Bertz CT molecular complexity index is 1060. The Hall–Kier alpha value is -2.13. The second kappa shape index (κ2) is 7.12. The molecule has 27 heavy (non-hydrogen) atoms. The van der Waals surface area contributed by atoms with Gasteiger partial charge in [-0.2, -0.15) is 0 Å². The van der Waals surface area contributed by atoms with Crippen molar-refractivity contribution in [3.05, 3.63) is 40.3 Å². The summed E-state index contributed by atoms with van der Waals surface area (Å²) in [5.41, 5.74) is 1.07. The normalized spacial score (nSPS) is 16.1. The molecule has 5 nitrogen and oxygen atoms in total. The van der Waals surface area contributed by atoms with Crippen LogP contribution in [0.4, 0.5) is 0 Å². The summed E-state index contributed by atoms with van der Waals surface area (Å²) in [5, 5.41) is 11.5. The molecule has 3 aromatic rings. The van der Waals surface area contributed by atoms with Crippen LogP contribution in [0.5, 0.6) is 0 Å². The molecule has 0 atom stereocenters. The highest BCUT2D eigenvalue weighted by Crippen LogP contribution is 2.28. The van der Waals surface area contributed by atoms with E-state index in [-0.39, 0.29) is 11.0 Å². The number of nitrogens with zero attached hydrogens (tertiary/aromatic N) is 4. The average Bonchev–Trinajstić information content (AvgIpc) is 2.99. The molecule has 0 saturated heterocycles. The van der Waals surface area contributed by atoms with E-state index in [9.17, 15) is 5.11 Å². The Morgan fingerprint density at radius 2 is 1.74 bits per heavy atom. The lowest BCUT2D eigenvalue weighted by Crippen LogP contribution is -2.29. The third-order valence-electron chi connectivity index (χ3n) is 4.87. The van der Waals surface area contributed by atoms with Crippen LogP contribution < -0.4 is 0 Å². The molecule has 1 N–H and O–H groups in total. The number of aryl methyl sites for hydroxylation is 1. The summed E-state index contributed by atoms with van der Waals surface area (Å²) in [6.45, 7) is 0. The first-order valence-electron chi connectivity index (χ1n) is 8.87. The smallest absolute Gasteiger partial charge is 0.208 e. The Kier molecular flexibility index (Phi) is 4.81. The van der Waals surface area contributed by atoms with Crippen molar-refractivity contribution in [3.8, 4) is 23.2 Å².